The number of benzene rings is 2. The second kappa shape index (κ2) is 9.78. The van der Waals surface area contributed by atoms with E-state index in [4.69, 9.17) is 9.84 Å². The first kappa shape index (κ1) is 23.0. The Labute approximate surface area is 196 Å². The average molecular weight is 463 g/mol. The predicted octanol–water partition coefficient (Wildman–Crippen LogP) is 3.72. The maximum Gasteiger partial charge on any atom is 0.412 e. The topological polar surface area (TPSA) is 114 Å². The van der Waals surface area contributed by atoms with Crippen LogP contribution in [0.4, 0.5) is 10.6 Å². The van der Waals surface area contributed by atoms with Gasteiger partial charge in [-0.05, 0) is 28.7 Å². The summed E-state index contributed by atoms with van der Waals surface area (Å²) in [5, 5.41) is 15.8. The monoisotopic (exact) mass is 462 g/mol. The van der Waals surface area contributed by atoms with Crippen LogP contribution in [0.3, 0.4) is 0 Å². The number of rotatable bonds is 8. The number of carbonyl (C=O) groups is 3. The highest BCUT2D eigenvalue weighted by molar-refractivity contribution is 5.95. The van der Waals surface area contributed by atoms with Crippen molar-refractivity contribution in [2.24, 2.45) is 7.05 Å². The van der Waals surface area contributed by atoms with Crippen molar-refractivity contribution in [3.63, 3.8) is 0 Å². The van der Waals surface area contributed by atoms with Crippen molar-refractivity contribution in [2.45, 2.75) is 19.3 Å². The fraction of sp³-hybridized carbons (Fsp3) is 0.280. The van der Waals surface area contributed by atoms with Crippen molar-refractivity contribution < 1.29 is 24.2 Å². The molecule has 2 aromatic carbocycles. The quantitative estimate of drug-likeness (QED) is 0.527. The molecule has 1 aliphatic carbocycles. The molecule has 9 heteroatoms. The minimum atomic E-state index is -1.10. The lowest BCUT2D eigenvalue weighted by Gasteiger charge is -2.18. The molecule has 0 saturated carbocycles. The van der Waals surface area contributed by atoms with E-state index in [1.165, 1.54) is 15.6 Å². The van der Waals surface area contributed by atoms with E-state index in [1.807, 2.05) is 43.3 Å². The van der Waals surface area contributed by atoms with Gasteiger partial charge >= 0.3 is 12.1 Å². The van der Waals surface area contributed by atoms with Crippen LogP contribution in [0.25, 0.3) is 11.1 Å². The van der Waals surface area contributed by atoms with Gasteiger partial charge in [-0.15, -0.1) is 0 Å². The molecule has 0 radical (unpaired) electrons. The number of aliphatic carboxylic acids is 1. The number of fused-ring (bicyclic) bond motifs is 3. The first-order valence-electron chi connectivity index (χ1n) is 11.1. The minimum Gasteiger partial charge on any atom is -0.480 e. The fourth-order valence-corrected chi connectivity index (χ4v) is 4.28. The zero-order valence-corrected chi connectivity index (χ0v) is 19.0. The first-order valence-corrected chi connectivity index (χ1v) is 11.1. The molecular weight excluding hydrogens is 436 g/mol. The number of hydrogen-bond donors (Lipinski definition) is 2. The number of amides is 2. The van der Waals surface area contributed by atoms with Gasteiger partial charge in [0.25, 0.3) is 5.91 Å². The summed E-state index contributed by atoms with van der Waals surface area (Å²) in [6, 6.07) is 17.5. The summed E-state index contributed by atoms with van der Waals surface area (Å²) in [6.45, 7) is 1.88. The number of anilines is 1. The number of hydrogen-bond acceptors (Lipinski definition) is 5. The lowest BCUT2D eigenvalue weighted by Crippen LogP contribution is -2.36. The van der Waals surface area contributed by atoms with Crippen LogP contribution in [0.2, 0.25) is 0 Å². The van der Waals surface area contributed by atoms with E-state index in [9.17, 15) is 14.4 Å². The Balaban J connectivity index is 1.43. The van der Waals surface area contributed by atoms with E-state index in [0.717, 1.165) is 22.3 Å². The second-order valence-corrected chi connectivity index (χ2v) is 8.11. The van der Waals surface area contributed by atoms with Gasteiger partial charge in [-0.25, -0.2) is 4.79 Å². The molecule has 9 nitrogen and oxygen atoms in total. The highest BCUT2D eigenvalue weighted by atomic mass is 16.5. The van der Waals surface area contributed by atoms with Gasteiger partial charge in [0.05, 0.1) is 0 Å². The average Bonchev–Trinajstić information content (AvgIpc) is 3.34. The summed E-state index contributed by atoms with van der Waals surface area (Å²) in [6.07, 6.45) is -0.0590. The van der Waals surface area contributed by atoms with Crippen molar-refractivity contribution >= 4 is 23.8 Å². The molecule has 4 rings (SSSR count). The Kier molecular flexibility index (Phi) is 6.62. The van der Waals surface area contributed by atoms with Gasteiger partial charge in [0, 0.05) is 25.6 Å². The molecule has 0 fully saturated rings. The van der Waals surface area contributed by atoms with E-state index >= 15 is 0 Å². The largest absolute Gasteiger partial charge is 0.480 e. The maximum absolute atomic E-state index is 12.7. The van der Waals surface area contributed by atoms with Crippen LogP contribution in [0.1, 0.15) is 40.9 Å². The number of aromatic nitrogens is 2. The van der Waals surface area contributed by atoms with E-state index in [-0.39, 0.29) is 30.6 Å². The highest BCUT2D eigenvalue weighted by Crippen LogP contribution is 2.44. The van der Waals surface area contributed by atoms with Crippen LogP contribution in [0.15, 0.2) is 54.6 Å². The number of aryl methyl sites for hydroxylation is 1. The summed E-state index contributed by atoms with van der Waals surface area (Å²) < 4.78 is 6.89. The highest BCUT2D eigenvalue weighted by Gasteiger charge is 2.29. The number of carbonyl (C=O) groups excluding carboxylic acids is 2. The molecule has 1 aliphatic rings. The summed E-state index contributed by atoms with van der Waals surface area (Å²) in [5.74, 6) is -1.41. The Morgan fingerprint density at radius 1 is 1.09 bits per heavy atom. The van der Waals surface area contributed by atoms with Crippen LogP contribution in [0, 0.1) is 0 Å². The van der Waals surface area contributed by atoms with E-state index in [0.29, 0.717) is 6.42 Å². The lowest BCUT2D eigenvalue weighted by atomic mass is 9.98. The van der Waals surface area contributed by atoms with Gasteiger partial charge in [0.1, 0.15) is 19.0 Å². The summed E-state index contributed by atoms with van der Waals surface area (Å²) in [4.78, 5) is 37.5. The van der Waals surface area contributed by atoms with Gasteiger partial charge in [0.15, 0.2) is 5.69 Å². The number of carboxylic acid groups (broad SMARTS) is 1. The predicted molar refractivity (Wildman–Crippen MR) is 126 cm³/mol. The molecule has 2 N–H and O–H groups in total. The molecule has 0 aliphatic heterocycles. The molecule has 176 valence electrons. The smallest absolute Gasteiger partial charge is 0.412 e. The number of nitrogens with one attached hydrogen (secondary N) is 1. The van der Waals surface area contributed by atoms with Gasteiger partial charge < -0.3 is 14.7 Å². The first-order chi connectivity index (χ1) is 16.4. The molecular formula is C25H26N4O5. The molecule has 1 aromatic heterocycles. The van der Waals surface area contributed by atoms with Crippen LogP contribution in [-0.4, -0.2) is 57.5 Å². The third-order valence-electron chi connectivity index (χ3n) is 5.78. The molecule has 3 aromatic rings. The van der Waals surface area contributed by atoms with E-state index in [1.54, 1.807) is 7.05 Å². The molecule has 2 amide bonds. The number of carboxylic acids is 1. The van der Waals surface area contributed by atoms with Gasteiger partial charge in [0.2, 0.25) is 0 Å². The molecule has 0 unspecified atom stereocenters. The number of nitrogens with zero attached hydrogens (tertiary/aromatic N) is 3. The Bertz CT molecular complexity index is 1190. The molecule has 34 heavy (non-hydrogen) atoms. The Morgan fingerprint density at radius 2 is 1.71 bits per heavy atom. The Morgan fingerprint density at radius 3 is 2.29 bits per heavy atom. The van der Waals surface area contributed by atoms with Gasteiger partial charge in [-0.2, -0.15) is 5.10 Å². The summed E-state index contributed by atoms with van der Waals surface area (Å²) in [7, 11) is 1.58. The standard InChI is InChI=1S/C25H26N4O5/c1-3-12-29(14-23(30)31)24(32)21-13-22(28(2)27-21)26-25(33)34-15-20-18-10-6-4-8-16(18)17-9-5-7-11-19(17)20/h4-11,13,20H,3,12,14-15H2,1-2H3,(H,26,33)(H,30,31). The van der Waals surface area contributed by atoms with Crippen molar-refractivity contribution in [3.05, 3.63) is 71.4 Å². The third-order valence-corrected chi connectivity index (χ3v) is 5.78. The fourth-order valence-electron chi connectivity index (χ4n) is 4.28. The SMILES string of the molecule is CCCN(CC(=O)O)C(=O)c1cc(NC(=O)OCC2c3ccccc3-c3ccccc32)n(C)n1. The van der Waals surface area contributed by atoms with E-state index in [2.05, 4.69) is 22.5 Å². The van der Waals surface area contributed by atoms with Crippen molar-refractivity contribution in [3.8, 4) is 11.1 Å². The zero-order chi connectivity index (χ0) is 24.2. The minimum absolute atomic E-state index is 0.0474. The molecule has 0 bridgehead atoms. The third kappa shape index (κ3) is 4.63. The Hall–Kier alpha value is -4.14. The van der Waals surface area contributed by atoms with Crippen LogP contribution in [0.5, 0.6) is 0 Å². The maximum atomic E-state index is 12.7. The lowest BCUT2D eigenvalue weighted by molar-refractivity contribution is -0.137. The van der Waals surface area contributed by atoms with Crippen LogP contribution < -0.4 is 5.32 Å². The van der Waals surface area contributed by atoms with Crippen LogP contribution >= 0.6 is 0 Å². The summed E-state index contributed by atoms with van der Waals surface area (Å²) >= 11 is 0. The normalized spacial score (nSPS) is 12.1. The van der Waals surface area contributed by atoms with Gasteiger partial charge in [-0.3, -0.25) is 19.6 Å². The molecule has 0 atom stereocenters. The van der Waals surface area contributed by atoms with Crippen molar-refractivity contribution in [2.75, 3.05) is 25.0 Å². The molecule has 0 saturated heterocycles. The van der Waals surface area contributed by atoms with Crippen LogP contribution in [-0.2, 0) is 16.6 Å². The number of ether oxygens (including phenoxy) is 1. The van der Waals surface area contributed by atoms with Gasteiger partial charge in [-0.1, -0.05) is 55.5 Å². The molecule has 1 heterocycles. The van der Waals surface area contributed by atoms with E-state index < -0.39 is 24.5 Å². The van der Waals surface area contributed by atoms with Crippen molar-refractivity contribution in [1.82, 2.24) is 14.7 Å². The van der Waals surface area contributed by atoms with Crippen molar-refractivity contribution in [1.29, 1.82) is 0 Å². The second-order valence-electron chi connectivity index (χ2n) is 8.11. The molecule has 0 spiro atoms. The zero-order valence-electron chi connectivity index (χ0n) is 19.0. The summed E-state index contributed by atoms with van der Waals surface area (Å²) in [5.41, 5.74) is 4.55.